The molecule has 0 aliphatic heterocycles. The van der Waals surface area contributed by atoms with Gasteiger partial charge in [-0.2, -0.15) is 0 Å². The van der Waals surface area contributed by atoms with Gasteiger partial charge in [-0.3, -0.25) is 0 Å². The van der Waals surface area contributed by atoms with E-state index in [1.807, 2.05) is 6.92 Å². The first-order valence-corrected chi connectivity index (χ1v) is 5.00. The number of hydrogen-bond donors (Lipinski definition) is 1. The van der Waals surface area contributed by atoms with Gasteiger partial charge in [-0.25, -0.2) is 9.97 Å². The standard InChI is InChI=1S/C9H14ClN3O/c1-2-14-5-3-4-11-9-6-8(10)12-7-13-9/h6-7H,2-5H2,1H3,(H,11,12,13). The van der Waals surface area contributed by atoms with Crippen LogP contribution in [0.4, 0.5) is 5.82 Å². The summed E-state index contributed by atoms with van der Waals surface area (Å²) in [6.45, 7) is 4.34. The van der Waals surface area contributed by atoms with E-state index in [1.165, 1.54) is 6.33 Å². The Kier molecular flexibility index (Phi) is 5.25. The molecule has 0 amide bonds. The molecule has 4 nitrogen and oxygen atoms in total. The second kappa shape index (κ2) is 6.56. The molecule has 0 atom stereocenters. The zero-order valence-electron chi connectivity index (χ0n) is 8.16. The molecule has 0 saturated heterocycles. The van der Waals surface area contributed by atoms with Gasteiger partial charge in [-0.15, -0.1) is 0 Å². The van der Waals surface area contributed by atoms with Gasteiger partial charge in [0.2, 0.25) is 0 Å². The molecule has 1 N–H and O–H groups in total. The zero-order chi connectivity index (χ0) is 10.2. The monoisotopic (exact) mass is 215 g/mol. The first-order chi connectivity index (χ1) is 6.83. The van der Waals surface area contributed by atoms with Gasteiger partial charge >= 0.3 is 0 Å². The van der Waals surface area contributed by atoms with Gasteiger partial charge in [-0.1, -0.05) is 11.6 Å². The van der Waals surface area contributed by atoms with Crippen molar-refractivity contribution in [3.63, 3.8) is 0 Å². The fraction of sp³-hybridized carbons (Fsp3) is 0.556. The Balaban J connectivity index is 2.18. The first kappa shape index (κ1) is 11.2. The number of hydrogen-bond acceptors (Lipinski definition) is 4. The highest BCUT2D eigenvalue weighted by Crippen LogP contribution is 2.07. The molecule has 1 aromatic rings. The molecule has 0 unspecified atom stereocenters. The van der Waals surface area contributed by atoms with E-state index in [2.05, 4.69) is 15.3 Å². The maximum Gasteiger partial charge on any atom is 0.134 e. The Bertz CT molecular complexity index is 270. The van der Waals surface area contributed by atoms with Crippen molar-refractivity contribution in [3.05, 3.63) is 17.5 Å². The lowest BCUT2D eigenvalue weighted by Crippen LogP contribution is -2.06. The summed E-state index contributed by atoms with van der Waals surface area (Å²) in [6.07, 6.45) is 2.39. The molecule has 0 saturated carbocycles. The highest BCUT2D eigenvalue weighted by molar-refractivity contribution is 6.29. The number of nitrogens with zero attached hydrogens (tertiary/aromatic N) is 2. The van der Waals surface area contributed by atoms with Crippen molar-refractivity contribution < 1.29 is 4.74 Å². The summed E-state index contributed by atoms with van der Waals surface area (Å²) >= 11 is 5.69. The Labute approximate surface area is 88.7 Å². The lowest BCUT2D eigenvalue weighted by atomic mass is 10.4. The van der Waals surface area contributed by atoms with E-state index in [9.17, 15) is 0 Å². The molecule has 14 heavy (non-hydrogen) atoms. The predicted molar refractivity (Wildman–Crippen MR) is 56.6 cm³/mol. The quantitative estimate of drug-likeness (QED) is 0.582. The van der Waals surface area contributed by atoms with Crippen molar-refractivity contribution in [1.82, 2.24) is 9.97 Å². The van der Waals surface area contributed by atoms with Gasteiger partial charge in [0, 0.05) is 25.8 Å². The number of nitrogens with one attached hydrogen (secondary N) is 1. The molecule has 1 aromatic heterocycles. The molecule has 0 aliphatic rings. The normalized spacial score (nSPS) is 10.1. The van der Waals surface area contributed by atoms with Crippen molar-refractivity contribution in [2.24, 2.45) is 0 Å². The van der Waals surface area contributed by atoms with Gasteiger partial charge in [0.15, 0.2) is 0 Å². The summed E-state index contributed by atoms with van der Waals surface area (Å²) in [5.41, 5.74) is 0. The zero-order valence-corrected chi connectivity index (χ0v) is 8.92. The summed E-state index contributed by atoms with van der Waals surface area (Å²) in [4.78, 5) is 7.80. The van der Waals surface area contributed by atoms with E-state index in [0.29, 0.717) is 5.15 Å². The highest BCUT2D eigenvalue weighted by Gasteiger charge is 1.94. The van der Waals surface area contributed by atoms with Crippen LogP contribution in [-0.4, -0.2) is 29.7 Å². The fourth-order valence-corrected chi connectivity index (χ4v) is 1.11. The summed E-state index contributed by atoms with van der Waals surface area (Å²) < 4.78 is 5.20. The Morgan fingerprint density at radius 1 is 1.50 bits per heavy atom. The minimum atomic E-state index is 0.451. The molecule has 1 rings (SSSR count). The molecular weight excluding hydrogens is 202 g/mol. The fourth-order valence-electron chi connectivity index (χ4n) is 0.965. The van der Waals surface area contributed by atoms with Crippen LogP contribution < -0.4 is 5.32 Å². The number of halogens is 1. The van der Waals surface area contributed by atoms with Crippen LogP contribution in [0.2, 0.25) is 5.15 Å². The minimum absolute atomic E-state index is 0.451. The minimum Gasteiger partial charge on any atom is -0.382 e. The van der Waals surface area contributed by atoms with Crippen molar-refractivity contribution in [1.29, 1.82) is 0 Å². The van der Waals surface area contributed by atoms with E-state index in [-0.39, 0.29) is 0 Å². The molecule has 5 heteroatoms. The van der Waals surface area contributed by atoms with Crippen molar-refractivity contribution in [2.75, 3.05) is 25.1 Å². The third-order valence-corrected chi connectivity index (χ3v) is 1.82. The van der Waals surface area contributed by atoms with Crippen molar-refractivity contribution in [3.8, 4) is 0 Å². The van der Waals surface area contributed by atoms with E-state index in [1.54, 1.807) is 6.07 Å². The third-order valence-electron chi connectivity index (χ3n) is 1.61. The maximum absolute atomic E-state index is 5.69. The molecule has 0 aromatic carbocycles. The van der Waals surface area contributed by atoms with Gasteiger partial charge < -0.3 is 10.1 Å². The number of aromatic nitrogens is 2. The second-order valence-corrected chi connectivity index (χ2v) is 3.09. The van der Waals surface area contributed by atoms with Crippen LogP contribution in [0.5, 0.6) is 0 Å². The Hall–Kier alpha value is -0.870. The van der Waals surface area contributed by atoms with Crippen LogP contribution in [0.25, 0.3) is 0 Å². The molecule has 0 spiro atoms. The molecule has 0 bridgehead atoms. The van der Waals surface area contributed by atoms with E-state index in [0.717, 1.165) is 32.0 Å². The van der Waals surface area contributed by atoms with Crippen LogP contribution in [0, 0.1) is 0 Å². The predicted octanol–water partition coefficient (Wildman–Crippen LogP) is 1.97. The van der Waals surface area contributed by atoms with Gasteiger partial charge in [0.05, 0.1) is 0 Å². The van der Waals surface area contributed by atoms with E-state index < -0.39 is 0 Å². The molecule has 78 valence electrons. The van der Waals surface area contributed by atoms with Crippen molar-refractivity contribution >= 4 is 17.4 Å². The second-order valence-electron chi connectivity index (χ2n) is 2.70. The SMILES string of the molecule is CCOCCCNc1cc(Cl)ncn1. The van der Waals surface area contributed by atoms with E-state index >= 15 is 0 Å². The lowest BCUT2D eigenvalue weighted by Gasteiger charge is -2.04. The van der Waals surface area contributed by atoms with Crippen LogP contribution in [0.1, 0.15) is 13.3 Å². The molecular formula is C9H14ClN3O. The largest absolute Gasteiger partial charge is 0.382 e. The number of ether oxygens (including phenoxy) is 1. The summed E-state index contributed by atoms with van der Waals surface area (Å²) in [6, 6.07) is 1.70. The van der Waals surface area contributed by atoms with Crippen molar-refractivity contribution in [2.45, 2.75) is 13.3 Å². The summed E-state index contributed by atoms with van der Waals surface area (Å²) in [5, 5.41) is 3.58. The summed E-state index contributed by atoms with van der Waals surface area (Å²) in [7, 11) is 0. The smallest absolute Gasteiger partial charge is 0.134 e. The number of anilines is 1. The maximum atomic E-state index is 5.69. The van der Waals surface area contributed by atoms with Crippen LogP contribution in [-0.2, 0) is 4.74 Å². The van der Waals surface area contributed by atoms with E-state index in [4.69, 9.17) is 16.3 Å². The molecule has 1 heterocycles. The van der Waals surface area contributed by atoms with Crippen LogP contribution in [0.15, 0.2) is 12.4 Å². The first-order valence-electron chi connectivity index (χ1n) is 4.62. The van der Waals surface area contributed by atoms with Crippen LogP contribution in [0.3, 0.4) is 0 Å². The van der Waals surface area contributed by atoms with Gasteiger partial charge in [0.1, 0.15) is 17.3 Å². The topological polar surface area (TPSA) is 47.0 Å². The van der Waals surface area contributed by atoms with Crippen LogP contribution >= 0.6 is 11.6 Å². The Morgan fingerprint density at radius 3 is 3.07 bits per heavy atom. The van der Waals surface area contributed by atoms with Gasteiger partial charge in [0.25, 0.3) is 0 Å². The lowest BCUT2D eigenvalue weighted by molar-refractivity contribution is 0.147. The van der Waals surface area contributed by atoms with Gasteiger partial charge in [-0.05, 0) is 13.3 Å². The molecule has 0 fully saturated rings. The molecule has 0 radical (unpaired) electrons. The third kappa shape index (κ3) is 4.39. The molecule has 0 aliphatic carbocycles. The Morgan fingerprint density at radius 2 is 2.36 bits per heavy atom. The average Bonchev–Trinajstić information content (AvgIpc) is 2.18. The average molecular weight is 216 g/mol. The highest BCUT2D eigenvalue weighted by atomic mass is 35.5. The summed E-state index contributed by atoms with van der Waals surface area (Å²) in [5.74, 6) is 0.751. The number of rotatable bonds is 6.